The number of hydrogen-bond donors (Lipinski definition) is 1. The van der Waals surface area contributed by atoms with Crippen LogP contribution in [0.15, 0.2) is 6.20 Å². The van der Waals surface area contributed by atoms with Crippen molar-refractivity contribution < 1.29 is 0 Å². The van der Waals surface area contributed by atoms with Crippen LogP contribution in [0.5, 0.6) is 0 Å². The average molecular weight is 209 g/mol. The monoisotopic (exact) mass is 209 g/mol. The van der Waals surface area contributed by atoms with Gasteiger partial charge >= 0.3 is 0 Å². The van der Waals surface area contributed by atoms with Gasteiger partial charge in [-0.25, -0.2) is 4.98 Å². The van der Waals surface area contributed by atoms with Gasteiger partial charge in [0.15, 0.2) is 0 Å². The van der Waals surface area contributed by atoms with Crippen LogP contribution in [0, 0.1) is 6.92 Å². The summed E-state index contributed by atoms with van der Waals surface area (Å²) in [6.07, 6.45) is 5.66. The molecule has 0 fully saturated rings. The minimum absolute atomic E-state index is 0.507. The van der Waals surface area contributed by atoms with Crippen LogP contribution in [0.1, 0.15) is 45.7 Å². The van der Waals surface area contributed by atoms with Gasteiger partial charge in [-0.3, -0.25) is 0 Å². The molecule has 3 heteroatoms. The molecule has 0 aliphatic heterocycles. The molecule has 1 atom stereocenters. The second kappa shape index (κ2) is 5.79. The Morgan fingerprint density at radius 2 is 2.13 bits per heavy atom. The molecular weight excluding hydrogens is 186 g/mol. The minimum Gasteiger partial charge on any atom is -0.353 e. The third-order valence-electron chi connectivity index (χ3n) is 2.46. The highest BCUT2D eigenvalue weighted by atomic mass is 15.2. The lowest BCUT2D eigenvalue weighted by Crippen LogP contribution is -2.18. The fraction of sp³-hybridized carbons (Fsp3) is 0.750. The number of rotatable bonds is 6. The van der Waals surface area contributed by atoms with Gasteiger partial charge in [-0.1, -0.05) is 20.3 Å². The summed E-state index contributed by atoms with van der Waals surface area (Å²) in [5, 5.41) is 3.47. The zero-order valence-corrected chi connectivity index (χ0v) is 10.4. The second-order valence-corrected chi connectivity index (χ2v) is 4.23. The van der Waals surface area contributed by atoms with Crippen molar-refractivity contribution in [1.29, 1.82) is 0 Å². The predicted molar refractivity (Wildman–Crippen MR) is 65.2 cm³/mol. The van der Waals surface area contributed by atoms with Crippen LogP contribution in [-0.2, 0) is 6.54 Å². The Morgan fingerprint density at radius 1 is 1.40 bits per heavy atom. The Hall–Kier alpha value is -0.990. The molecule has 0 aliphatic rings. The van der Waals surface area contributed by atoms with Crippen LogP contribution < -0.4 is 5.32 Å². The molecule has 0 bridgehead atoms. The first kappa shape index (κ1) is 12.1. The van der Waals surface area contributed by atoms with Crippen molar-refractivity contribution in [3.05, 3.63) is 11.9 Å². The summed E-state index contributed by atoms with van der Waals surface area (Å²) >= 11 is 0. The first-order chi connectivity index (χ1) is 7.17. The average Bonchev–Trinajstić information content (AvgIpc) is 2.47. The van der Waals surface area contributed by atoms with E-state index in [0.717, 1.165) is 24.6 Å². The quantitative estimate of drug-likeness (QED) is 0.779. The number of nitrogens with zero attached hydrogens (tertiary/aromatic N) is 2. The molecule has 15 heavy (non-hydrogen) atoms. The van der Waals surface area contributed by atoms with Gasteiger partial charge < -0.3 is 9.88 Å². The van der Waals surface area contributed by atoms with E-state index in [-0.39, 0.29) is 0 Å². The van der Waals surface area contributed by atoms with Crippen molar-refractivity contribution in [2.75, 3.05) is 5.32 Å². The largest absolute Gasteiger partial charge is 0.353 e. The SMILES string of the molecule is CCCC(C)Nc1nc(C)cn1CCC. The fourth-order valence-corrected chi connectivity index (χ4v) is 1.80. The van der Waals surface area contributed by atoms with Gasteiger partial charge in [0.2, 0.25) is 5.95 Å². The van der Waals surface area contributed by atoms with E-state index in [1.807, 2.05) is 6.92 Å². The molecule has 1 heterocycles. The standard InChI is InChI=1S/C12H23N3/c1-5-7-10(3)13-12-14-11(4)9-15(12)8-6-2/h9-10H,5-8H2,1-4H3,(H,13,14). The van der Waals surface area contributed by atoms with E-state index in [0.29, 0.717) is 6.04 Å². The van der Waals surface area contributed by atoms with E-state index in [9.17, 15) is 0 Å². The van der Waals surface area contributed by atoms with E-state index in [2.05, 4.69) is 41.8 Å². The summed E-state index contributed by atoms with van der Waals surface area (Å²) in [5.74, 6) is 1.02. The lowest BCUT2D eigenvalue weighted by molar-refractivity contribution is 0.646. The van der Waals surface area contributed by atoms with Crippen molar-refractivity contribution in [1.82, 2.24) is 9.55 Å². The molecule has 0 saturated carbocycles. The van der Waals surface area contributed by atoms with Crippen molar-refractivity contribution in [3.63, 3.8) is 0 Å². The topological polar surface area (TPSA) is 29.9 Å². The van der Waals surface area contributed by atoms with E-state index in [4.69, 9.17) is 0 Å². The number of anilines is 1. The zero-order chi connectivity index (χ0) is 11.3. The van der Waals surface area contributed by atoms with Crippen molar-refractivity contribution in [2.45, 2.75) is 59.5 Å². The van der Waals surface area contributed by atoms with Gasteiger partial charge in [0.25, 0.3) is 0 Å². The number of imidazole rings is 1. The van der Waals surface area contributed by atoms with Crippen LogP contribution in [-0.4, -0.2) is 15.6 Å². The molecular formula is C12H23N3. The second-order valence-electron chi connectivity index (χ2n) is 4.23. The highest BCUT2D eigenvalue weighted by Crippen LogP contribution is 2.12. The summed E-state index contributed by atoms with van der Waals surface area (Å²) < 4.78 is 2.21. The number of aromatic nitrogens is 2. The number of nitrogens with one attached hydrogen (secondary N) is 1. The first-order valence-electron chi connectivity index (χ1n) is 5.97. The lowest BCUT2D eigenvalue weighted by Gasteiger charge is -2.14. The predicted octanol–water partition coefficient (Wildman–Crippen LogP) is 3.20. The maximum atomic E-state index is 4.50. The van der Waals surface area contributed by atoms with Crippen LogP contribution in [0.25, 0.3) is 0 Å². The van der Waals surface area contributed by atoms with Crippen LogP contribution in [0.3, 0.4) is 0 Å². The molecule has 0 amide bonds. The Balaban J connectivity index is 2.65. The molecule has 0 saturated heterocycles. The van der Waals surface area contributed by atoms with E-state index in [1.54, 1.807) is 0 Å². The van der Waals surface area contributed by atoms with Gasteiger partial charge in [0.05, 0.1) is 5.69 Å². The smallest absolute Gasteiger partial charge is 0.203 e. The summed E-state index contributed by atoms with van der Waals surface area (Å²) in [6.45, 7) is 9.70. The third-order valence-corrected chi connectivity index (χ3v) is 2.46. The Bertz CT molecular complexity index is 291. The maximum Gasteiger partial charge on any atom is 0.203 e. The summed E-state index contributed by atoms with van der Waals surface area (Å²) in [5.41, 5.74) is 1.09. The molecule has 0 aliphatic carbocycles. The van der Waals surface area contributed by atoms with Gasteiger partial charge in [-0.2, -0.15) is 0 Å². The number of hydrogen-bond acceptors (Lipinski definition) is 2. The molecule has 1 N–H and O–H groups in total. The van der Waals surface area contributed by atoms with Crippen molar-refractivity contribution in [3.8, 4) is 0 Å². The van der Waals surface area contributed by atoms with Gasteiger partial charge in [0, 0.05) is 18.8 Å². The fourth-order valence-electron chi connectivity index (χ4n) is 1.80. The van der Waals surface area contributed by atoms with E-state index >= 15 is 0 Å². The molecule has 1 unspecified atom stereocenters. The maximum absolute atomic E-state index is 4.50. The highest BCUT2D eigenvalue weighted by molar-refractivity contribution is 5.29. The zero-order valence-electron chi connectivity index (χ0n) is 10.4. The number of aryl methyl sites for hydroxylation is 2. The molecule has 1 aromatic rings. The highest BCUT2D eigenvalue weighted by Gasteiger charge is 2.07. The van der Waals surface area contributed by atoms with Crippen LogP contribution in [0.4, 0.5) is 5.95 Å². The van der Waals surface area contributed by atoms with Crippen LogP contribution in [0.2, 0.25) is 0 Å². The molecule has 86 valence electrons. The van der Waals surface area contributed by atoms with Crippen molar-refractivity contribution in [2.24, 2.45) is 0 Å². The summed E-state index contributed by atoms with van der Waals surface area (Å²) in [7, 11) is 0. The summed E-state index contributed by atoms with van der Waals surface area (Å²) in [4.78, 5) is 4.50. The Labute approximate surface area is 92.9 Å². The van der Waals surface area contributed by atoms with E-state index in [1.165, 1.54) is 12.8 Å². The minimum atomic E-state index is 0.507. The normalized spacial score (nSPS) is 12.8. The third kappa shape index (κ3) is 3.57. The van der Waals surface area contributed by atoms with E-state index < -0.39 is 0 Å². The van der Waals surface area contributed by atoms with Gasteiger partial charge in [-0.05, 0) is 26.7 Å². The molecule has 3 nitrogen and oxygen atoms in total. The first-order valence-corrected chi connectivity index (χ1v) is 5.97. The Morgan fingerprint density at radius 3 is 2.73 bits per heavy atom. The van der Waals surface area contributed by atoms with Gasteiger partial charge in [-0.15, -0.1) is 0 Å². The van der Waals surface area contributed by atoms with Crippen LogP contribution >= 0.6 is 0 Å². The molecule has 0 aromatic carbocycles. The molecule has 1 rings (SSSR count). The lowest BCUT2D eigenvalue weighted by atomic mass is 10.2. The molecule has 0 spiro atoms. The van der Waals surface area contributed by atoms with Gasteiger partial charge in [0.1, 0.15) is 0 Å². The summed E-state index contributed by atoms with van der Waals surface area (Å²) in [6, 6.07) is 0.507. The molecule has 1 aromatic heterocycles. The van der Waals surface area contributed by atoms with Crippen molar-refractivity contribution >= 4 is 5.95 Å². The Kier molecular flexibility index (Phi) is 4.66. The molecule has 0 radical (unpaired) electrons.